The Morgan fingerprint density at radius 2 is 1.94 bits per heavy atom. The minimum absolute atomic E-state index is 0.715. The van der Waals surface area contributed by atoms with Crippen LogP contribution in [0.4, 0.5) is 11.8 Å². The maximum atomic E-state index is 5.49. The summed E-state index contributed by atoms with van der Waals surface area (Å²) in [5, 5.41) is 0. The van der Waals surface area contributed by atoms with Gasteiger partial charge >= 0.3 is 0 Å². The number of nitrogen functional groups attached to an aromatic ring is 1. The lowest BCUT2D eigenvalue weighted by Crippen LogP contribution is -2.27. The van der Waals surface area contributed by atoms with E-state index in [1.807, 2.05) is 6.07 Å². The summed E-state index contributed by atoms with van der Waals surface area (Å²) in [6.45, 7) is 4.27. The van der Waals surface area contributed by atoms with Crippen molar-refractivity contribution in [3.8, 4) is 0 Å². The van der Waals surface area contributed by atoms with Gasteiger partial charge in [0.25, 0.3) is 0 Å². The molecule has 0 spiro atoms. The number of nitrogens with zero attached hydrogens (tertiary/aromatic N) is 3. The first-order valence-corrected chi connectivity index (χ1v) is 6.93. The third kappa shape index (κ3) is 3.32. The molecule has 0 radical (unpaired) electrons. The van der Waals surface area contributed by atoms with Gasteiger partial charge in [-0.25, -0.2) is 10.8 Å². The van der Waals surface area contributed by atoms with Crippen molar-refractivity contribution in [1.29, 1.82) is 0 Å². The van der Waals surface area contributed by atoms with Crippen molar-refractivity contribution in [2.24, 2.45) is 5.84 Å². The van der Waals surface area contributed by atoms with Gasteiger partial charge in [-0.15, -0.1) is 0 Å². The van der Waals surface area contributed by atoms with E-state index in [-0.39, 0.29) is 0 Å². The van der Waals surface area contributed by atoms with E-state index >= 15 is 0 Å². The molecule has 1 aliphatic rings. The Balaban J connectivity index is 2.21. The summed E-state index contributed by atoms with van der Waals surface area (Å²) in [6, 6.07) is 1.94. The van der Waals surface area contributed by atoms with E-state index in [1.165, 1.54) is 25.7 Å². The van der Waals surface area contributed by atoms with E-state index in [4.69, 9.17) is 5.84 Å². The second-order valence-corrected chi connectivity index (χ2v) is 4.84. The van der Waals surface area contributed by atoms with E-state index < -0.39 is 0 Å². The van der Waals surface area contributed by atoms with Crippen LogP contribution in [0, 0.1) is 0 Å². The van der Waals surface area contributed by atoms with Crippen molar-refractivity contribution >= 4 is 11.8 Å². The Morgan fingerprint density at radius 1 is 1.22 bits per heavy atom. The molecule has 1 aromatic rings. The van der Waals surface area contributed by atoms with Crippen LogP contribution in [0.3, 0.4) is 0 Å². The van der Waals surface area contributed by atoms with Crippen molar-refractivity contribution in [3.63, 3.8) is 0 Å². The smallest absolute Gasteiger partial charge is 0.227 e. The second kappa shape index (κ2) is 6.54. The highest BCUT2D eigenvalue weighted by Gasteiger charge is 2.14. The van der Waals surface area contributed by atoms with Gasteiger partial charge in [0.1, 0.15) is 5.82 Å². The van der Waals surface area contributed by atoms with E-state index in [0.29, 0.717) is 5.82 Å². The molecular weight excluding hydrogens is 226 g/mol. The van der Waals surface area contributed by atoms with Crippen LogP contribution in [0.5, 0.6) is 0 Å². The van der Waals surface area contributed by atoms with Crippen LogP contribution < -0.4 is 16.2 Å². The molecule has 0 aromatic carbocycles. The first-order valence-electron chi connectivity index (χ1n) is 6.93. The lowest BCUT2D eigenvalue weighted by molar-refractivity contribution is 0.726. The molecular formula is C13H23N5. The van der Waals surface area contributed by atoms with Gasteiger partial charge in [-0.1, -0.05) is 26.2 Å². The van der Waals surface area contributed by atoms with Crippen LogP contribution in [-0.4, -0.2) is 23.1 Å². The summed E-state index contributed by atoms with van der Waals surface area (Å²) in [5.41, 5.74) is 3.71. The normalized spacial score (nSPS) is 16.4. The lowest BCUT2D eigenvalue weighted by Gasteiger charge is -2.21. The first-order chi connectivity index (χ1) is 8.83. The number of hydrogen-bond donors (Lipinski definition) is 2. The Kier molecular flexibility index (Phi) is 4.75. The summed E-state index contributed by atoms with van der Waals surface area (Å²) in [4.78, 5) is 11.4. The Hall–Kier alpha value is -1.36. The van der Waals surface area contributed by atoms with Gasteiger partial charge < -0.3 is 10.3 Å². The van der Waals surface area contributed by atoms with Gasteiger partial charge in [0.05, 0.1) is 0 Å². The zero-order valence-corrected chi connectivity index (χ0v) is 11.2. The van der Waals surface area contributed by atoms with Crippen LogP contribution in [0.1, 0.15) is 44.7 Å². The summed E-state index contributed by atoms with van der Waals surface area (Å²) in [7, 11) is 0. The fraction of sp³-hybridized carbons (Fsp3) is 0.692. The number of hydrazine groups is 1. The largest absolute Gasteiger partial charge is 0.341 e. The van der Waals surface area contributed by atoms with E-state index in [0.717, 1.165) is 37.6 Å². The highest BCUT2D eigenvalue weighted by molar-refractivity contribution is 5.43. The molecule has 1 aliphatic heterocycles. The molecule has 3 N–H and O–H groups in total. The molecule has 0 saturated carbocycles. The molecule has 0 atom stereocenters. The number of nitrogens with two attached hydrogens (primary N) is 1. The number of rotatable bonds is 4. The zero-order chi connectivity index (χ0) is 12.8. The van der Waals surface area contributed by atoms with Gasteiger partial charge in [0.2, 0.25) is 5.95 Å². The highest BCUT2D eigenvalue weighted by atomic mass is 15.3. The molecule has 1 saturated heterocycles. The number of anilines is 2. The van der Waals surface area contributed by atoms with Gasteiger partial charge in [-0.2, -0.15) is 4.98 Å². The molecule has 5 heteroatoms. The maximum Gasteiger partial charge on any atom is 0.227 e. The average molecular weight is 249 g/mol. The van der Waals surface area contributed by atoms with Crippen LogP contribution in [0.2, 0.25) is 0 Å². The second-order valence-electron chi connectivity index (χ2n) is 4.84. The topological polar surface area (TPSA) is 67.1 Å². The third-order valence-corrected chi connectivity index (χ3v) is 3.31. The van der Waals surface area contributed by atoms with Crippen molar-refractivity contribution in [3.05, 3.63) is 11.8 Å². The molecule has 1 aromatic heterocycles. The van der Waals surface area contributed by atoms with Gasteiger partial charge in [0, 0.05) is 24.8 Å². The molecule has 0 aliphatic carbocycles. The zero-order valence-electron chi connectivity index (χ0n) is 11.2. The standard InChI is InChI=1S/C13H23N5/c1-2-7-11-10-12(17-14)16-13(15-11)18-8-5-3-4-6-9-18/h10H,2-9,14H2,1H3,(H,15,16,17). The summed E-state index contributed by atoms with van der Waals surface area (Å²) >= 11 is 0. The van der Waals surface area contributed by atoms with Gasteiger partial charge in [-0.05, 0) is 19.3 Å². The van der Waals surface area contributed by atoms with Crippen molar-refractivity contribution in [1.82, 2.24) is 9.97 Å². The highest BCUT2D eigenvalue weighted by Crippen LogP contribution is 2.18. The Labute approximate surface area is 109 Å². The SMILES string of the molecule is CCCc1cc(NN)nc(N2CCCCCC2)n1. The molecule has 2 rings (SSSR count). The van der Waals surface area contributed by atoms with Crippen LogP contribution in [0.25, 0.3) is 0 Å². The molecule has 0 bridgehead atoms. The minimum Gasteiger partial charge on any atom is -0.341 e. The van der Waals surface area contributed by atoms with Gasteiger partial charge in [-0.3, -0.25) is 0 Å². The summed E-state index contributed by atoms with van der Waals surface area (Å²) in [5.74, 6) is 7.03. The van der Waals surface area contributed by atoms with E-state index in [2.05, 4.69) is 27.2 Å². The van der Waals surface area contributed by atoms with Crippen molar-refractivity contribution in [2.75, 3.05) is 23.4 Å². The molecule has 100 valence electrons. The van der Waals surface area contributed by atoms with Crippen molar-refractivity contribution < 1.29 is 0 Å². The van der Waals surface area contributed by atoms with Crippen molar-refractivity contribution in [2.45, 2.75) is 45.4 Å². The molecule has 0 amide bonds. The molecule has 18 heavy (non-hydrogen) atoms. The Morgan fingerprint density at radius 3 is 2.56 bits per heavy atom. The maximum absolute atomic E-state index is 5.49. The number of aromatic nitrogens is 2. The van der Waals surface area contributed by atoms with E-state index in [9.17, 15) is 0 Å². The molecule has 0 unspecified atom stereocenters. The average Bonchev–Trinajstić information content (AvgIpc) is 2.67. The van der Waals surface area contributed by atoms with Crippen LogP contribution in [-0.2, 0) is 6.42 Å². The molecule has 2 heterocycles. The Bertz CT molecular complexity index is 372. The number of nitrogens with one attached hydrogen (secondary N) is 1. The first kappa shape index (κ1) is 13.1. The lowest BCUT2D eigenvalue weighted by atomic mass is 10.2. The third-order valence-electron chi connectivity index (χ3n) is 3.31. The predicted octanol–water partition coefficient (Wildman–Crippen LogP) is 2.10. The number of hydrogen-bond acceptors (Lipinski definition) is 5. The van der Waals surface area contributed by atoms with Crippen LogP contribution >= 0.6 is 0 Å². The summed E-state index contributed by atoms with van der Waals surface area (Å²) in [6.07, 6.45) is 7.14. The molecule has 5 nitrogen and oxygen atoms in total. The van der Waals surface area contributed by atoms with Crippen LogP contribution in [0.15, 0.2) is 6.07 Å². The minimum atomic E-state index is 0.715. The van der Waals surface area contributed by atoms with Gasteiger partial charge in [0.15, 0.2) is 0 Å². The molecule has 1 fully saturated rings. The monoisotopic (exact) mass is 249 g/mol. The summed E-state index contributed by atoms with van der Waals surface area (Å²) < 4.78 is 0. The van der Waals surface area contributed by atoms with E-state index in [1.54, 1.807) is 0 Å². The fourth-order valence-corrected chi connectivity index (χ4v) is 2.35. The fourth-order valence-electron chi connectivity index (χ4n) is 2.35. The predicted molar refractivity (Wildman–Crippen MR) is 74.5 cm³/mol. The number of aryl methyl sites for hydroxylation is 1. The quantitative estimate of drug-likeness (QED) is 0.632.